The Labute approximate surface area is 148 Å². The van der Waals surface area contributed by atoms with Gasteiger partial charge in [0.15, 0.2) is 11.5 Å². The van der Waals surface area contributed by atoms with Gasteiger partial charge in [-0.1, -0.05) is 24.3 Å². The van der Waals surface area contributed by atoms with E-state index in [0.717, 1.165) is 24.0 Å². The first-order valence-corrected chi connectivity index (χ1v) is 9.98. The Kier molecular flexibility index (Phi) is 4.17. The van der Waals surface area contributed by atoms with E-state index in [4.69, 9.17) is 9.47 Å². The lowest BCUT2D eigenvalue weighted by molar-refractivity contribution is 0.171. The molecule has 6 heteroatoms. The number of nitrogens with zero attached hydrogens (tertiary/aromatic N) is 1. The second kappa shape index (κ2) is 6.35. The van der Waals surface area contributed by atoms with E-state index in [0.29, 0.717) is 31.3 Å². The van der Waals surface area contributed by atoms with Crippen LogP contribution in [0.15, 0.2) is 47.4 Å². The molecule has 0 radical (unpaired) electrons. The summed E-state index contributed by atoms with van der Waals surface area (Å²) in [5.74, 6) is 1.10. The molecule has 1 saturated heterocycles. The summed E-state index contributed by atoms with van der Waals surface area (Å²) in [5, 5.41) is 0. The highest BCUT2D eigenvalue weighted by Gasteiger charge is 2.37. The Hall–Kier alpha value is -2.05. The van der Waals surface area contributed by atoms with Crippen molar-refractivity contribution < 1.29 is 17.9 Å². The van der Waals surface area contributed by atoms with E-state index in [1.165, 1.54) is 0 Å². The van der Waals surface area contributed by atoms with Crippen molar-refractivity contribution in [3.05, 3.63) is 53.6 Å². The van der Waals surface area contributed by atoms with Crippen LogP contribution in [0.25, 0.3) is 0 Å². The Morgan fingerprint density at radius 3 is 2.60 bits per heavy atom. The van der Waals surface area contributed by atoms with E-state index in [1.807, 2.05) is 31.2 Å². The van der Waals surface area contributed by atoms with Gasteiger partial charge in [-0.05, 0) is 43.0 Å². The van der Waals surface area contributed by atoms with Crippen LogP contribution in [0.5, 0.6) is 11.5 Å². The Morgan fingerprint density at radius 2 is 1.80 bits per heavy atom. The van der Waals surface area contributed by atoms with E-state index in [1.54, 1.807) is 22.5 Å². The molecule has 2 aromatic carbocycles. The SMILES string of the molecule is Cc1ccccc1[C@@H]1CCCN1S(=O)(=O)c1ccc2c(c1)OCCO2. The van der Waals surface area contributed by atoms with Gasteiger partial charge in [0.05, 0.1) is 10.9 Å². The van der Waals surface area contributed by atoms with Crippen molar-refractivity contribution in [2.75, 3.05) is 19.8 Å². The third-order valence-corrected chi connectivity index (χ3v) is 6.78. The predicted octanol–water partition coefficient (Wildman–Crippen LogP) is 3.29. The van der Waals surface area contributed by atoms with Gasteiger partial charge in [-0.2, -0.15) is 4.31 Å². The van der Waals surface area contributed by atoms with E-state index < -0.39 is 10.0 Å². The van der Waals surface area contributed by atoms with Crippen molar-refractivity contribution in [2.45, 2.75) is 30.7 Å². The number of aryl methyl sites for hydroxylation is 1. The molecule has 1 fully saturated rings. The monoisotopic (exact) mass is 359 g/mol. The number of sulfonamides is 1. The predicted molar refractivity (Wildman–Crippen MR) is 94.5 cm³/mol. The van der Waals surface area contributed by atoms with Gasteiger partial charge in [0.1, 0.15) is 13.2 Å². The molecule has 132 valence electrons. The zero-order valence-electron chi connectivity index (χ0n) is 14.1. The number of benzene rings is 2. The van der Waals surface area contributed by atoms with Crippen molar-refractivity contribution >= 4 is 10.0 Å². The lowest BCUT2D eigenvalue weighted by Crippen LogP contribution is -2.31. The highest BCUT2D eigenvalue weighted by Crippen LogP contribution is 2.39. The van der Waals surface area contributed by atoms with Crippen LogP contribution in [0, 0.1) is 6.92 Å². The molecule has 0 spiro atoms. The average Bonchev–Trinajstić information content (AvgIpc) is 3.12. The summed E-state index contributed by atoms with van der Waals surface area (Å²) in [7, 11) is -3.59. The van der Waals surface area contributed by atoms with Crippen molar-refractivity contribution in [3.8, 4) is 11.5 Å². The van der Waals surface area contributed by atoms with Gasteiger partial charge >= 0.3 is 0 Å². The molecule has 2 aromatic rings. The standard InChI is InChI=1S/C19H21NO4S/c1-14-5-2-3-6-16(14)17-7-4-10-20(17)25(21,22)15-8-9-18-19(13-15)24-12-11-23-18/h2-3,5-6,8-9,13,17H,4,7,10-12H2,1H3/t17-/m0/s1. The molecule has 4 rings (SSSR count). The molecule has 0 saturated carbocycles. The normalized spacial score (nSPS) is 20.6. The fourth-order valence-corrected chi connectivity index (χ4v) is 5.31. The molecule has 0 N–H and O–H groups in total. The molecule has 2 aliphatic rings. The van der Waals surface area contributed by atoms with E-state index >= 15 is 0 Å². The molecule has 0 amide bonds. The highest BCUT2D eigenvalue weighted by atomic mass is 32.2. The number of ether oxygens (including phenoxy) is 2. The summed E-state index contributed by atoms with van der Waals surface area (Å²) in [4.78, 5) is 0.261. The average molecular weight is 359 g/mol. The smallest absolute Gasteiger partial charge is 0.243 e. The van der Waals surface area contributed by atoms with E-state index in [9.17, 15) is 8.42 Å². The minimum atomic E-state index is -3.59. The number of hydrogen-bond acceptors (Lipinski definition) is 4. The van der Waals surface area contributed by atoms with Gasteiger partial charge in [-0.15, -0.1) is 0 Å². The summed E-state index contributed by atoms with van der Waals surface area (Å²) in [5.41, 5.74) is 2.21. The minimum absolute atomic E-state index is 0.112. The van der Waals surface area contributed by atoms with Crippen molar-refractivity contribution in [2.24, 2.45) is 0 Å². The maximum Gasteiger partial charge on any atom is 0.243 e. The zero-order chi connectivity index (χ0) is 17.4. The van der Waals surface area contributed by atoms with Gasteiger partial charge in [0.2, 0.25) is 10.0 Å². The van der Waals surface area contributed by atoms with Crippen LogP contribution in [-0.2, 0) is 10.0 Å². The molecule has 1 atom stereocenters. The summed E-state index contributed by atoms with van der Waals surface area (Å²) >= 11 is 0. The fourth-order valence-electron chi connectivity index (χ4n) is 3.62. The van der Waals surface area contributed by atoms with E-state index in [2.05, 4.69) is 0 Å². The molecule has 0 aliphatic carbocycles. The maximum absolute atomic E-state index is 13.2. The van der Waals surface area contributed by atoms with Gasteiger partial charge in [0.25, 0.3) is 0 Å². The van der Waals surface area contributed by atoms with Crippen LogP contribution in [-0.4, -0.2) is 32.5 Å². The van der Waals surface area contributed by atoms with Crippen LogP contribution in [0.1, 0.15) is 30.0 Å². The first-order chi connectivity index (χ1) is 12.1. The molecule has 0 aromatic heterocycles. The molecular formula is C19H21NO4S. The fraction of sp³-hybridized carbons (Fsp3) is 0.368. The second-order valence-electron chi connectivity index (χ2n) is 6.44. The molecule has 0 unspecified atom stereocenters. The molecule has 2 heterocycles. The molecule has 0 bridgehead atoms. The largest absolute Gasteiger partial charge is 0.486 e. The molecule has 25 heavy (non-hydrogen) atoms. The third-order valence-electron chi connectivity index (χ3n) is 4.87. The maximum atomic E-state index is 13.2. The Bertz CT molecular complexity index is 894. The lowest BCUT2D eigenvalue weighted by atomic mass is 10.0. The van der Waals surface area contributed by atoms with Crippen LogP contribution in [0.2, 0.25) is 0 Å². The van der Waals surface area contributed by atoms with Crippen molar-refractivity contribution in [1.29, 1.82) is 0 Å². The second-order valence-corrected chi connectivity index (χ2v) is 8.33. The lowest BCUT2D eigenvalue weighted by Gasteiger charge is -2.26. The van der Waals surface area contributed by atoms with Crippen LogP contribution in [0.4, 0.5) is 0 Å². The summed E-state index contributed by atoms with van der Waals surface area (Å²) < 4.78 is 39.1. The summed E-state index contributed by atoms with van der Waals surface area (Å²) in [6, 6.07) is 12.8. The van der Waals surface area contributed by atoms with Crippen LogP contribution in [0.3, 0.4) is 0 Å². The van der Waals surface area contributed by atoms with Gasteiger partial charge in [-0.3, -0.25) is 0 Å². The first kappa shape index (κ1) is 16.4. The van der Waals surface area contributed by atoms with Gasteiger partial charge in [-0.25, -0.2) is 8.42 Å². The quantitative estimate of drug-likeness (QED) is 0.844. The minimum Gasteiger partial charge on any atom is -0.486 e. The Balaban J connectivity index is 1.71. The molecule has 5 nitrogen and oxygen atoms in total. The van der Waals surface area contributed by atoms with Gasteiger partial charge < -0.3 is 9.47 Å². The summed E-state index contributed by atoms with van der Waals surface area (Å²) in [6.45, 7) is 3.49. The molecular weight excluding hydrogens is 338 g/mol. The van der Waals surface area contributed by atoms with Crippen molar-refractivity contribution in [3.63, 3.8) is 0 Å². The Morgan fingerprint density at radius 1 is 1.04 bits per heavy atom. The topological polar surface area (TPSA) is 55.8 Å². The molecule has 2 aliphatic heterocycles. The van der Waals surface area contributed by atoms with Crippen LogP contribution < -0.4 is 9.47 Å². The number of rotatable bonds is 3. The summed E-state index contributed by atoms with van der Waals surface area (Å²) in [6.07, 6.45) is 1.71. The van der Waals surface area contributed by atoms with Crippen molar-refractivity contribution in [1.82, 2.24) is 4.31 Å². The van der Waals surface area contributed by atoms with Gasteiger partial charge in [0, 0.05) is 12.6 Å². The number of fused-ring (bicyclic) bond motifs is 1. The highest BCUT2D eigenvalue weighted by molar-refractivity contribution is 7.89. The van der Waals surface area contributed by atoms with E-state index in [-0.39, 0.29) is 10.9 Å². The zero-order valence-corrected chi connectivity index (χ0v) is 15.0. The van der Waals surface area contributed by atoms with Crippen LogP contribution >= 0.6 is 0 Å². The first-order valence-electron chi connectivity index (χ1n) is 8.54. The third kappa shape index (κ3) is 2.89. The number of hydrogen-bond donors (Lipinski definition) is 0.